The summed E-state index contributed by atoms with van der Waals surface area (Å²) < 4.78 is 14.8. The number of hydrogen-bond acceptors (Lipinski definition) is 3. The van der Waals surface area contributed by atoms with Gasteiger partial charge < -0.3 is 0 Å². The Balaban J connectivity index is 1.81. The molecule has 0 radical (unpaired) electrons. The predicted octanol–water partition coefficient (Wildman–Crippen LogP) is 2.43. The van der Waals surface area contributed by atoms with E-state index in [1.54, 1.807) is 18.3 Å². The third kappa shape index (κ3) is 4.66. The van der Waals surface area contributed by atoms with Gasteiger partial charge in [-0.05, 0) is 0 Å². The zero-order valence-corrected chi connectivity index (χ0v) is 13.1. The molecule has 5 heteroatoms. The van der Waals surface area contributed by atoms with Crippen LogP contribution in [0.15, 0.2) is 54.7 Å². The summed E-state index contributed by atoms with van der Waals surface area (Å²) in [7, 11) is 0. The quantitative estimate of drug-likeness (QED) is 0.744. The first kappa shape index (κ1) is 14.0. The van der Waals surface area contributed by atoms with Crippen molar-refractivity contribution in [2.75, 3.05) is 11.9 Å². The number of aromatic nitrogens is 1. The zero-order valence-electron chi connectivity index (χ0n) is 10.2. The van der Waals surface area contributed by atoms with Crippen LogP contribution < -0.4 is 10.6 Å². The molecule has 2 N–H and O–H groups in total. The number of hydrogen-bond donors (Lipinski definition) is 2. The second-order valence-corrected chi connectivity index (χ2v) is 5.39. The van der Waals surface area contributed by atoms with E-state index in [0.717, 1.165) is 9.96 Å². The van der Waals surface area contributed by atoms with E-state index in [1.807, 2.05) is 36.4 Å². The predicted molar refractivity (Wildman–Crippen MR) is 71.2 cm³/mol. The number of alkyl halides is 1. The summed E-state index contributed by atoms with van der Waals surface area (Å²) in [5.41, 5.74) is 0.690. The summed E-state index contributed by atoms with van der Waals surface area (Å²) in [6, 6.07) is 14.8. The second-order valence-electron chi connectivity index (χ2n) is 3.93. The Morgan fingerprint density at radius 2 is 1.89 bits per heavy atom. The van der Waals surface area contributed by atoms with Gasteiger partial charge in [0.25, 0.3) is 0 Å². The van der Waals surface area contributed by atoms with Gasteiger partial charge in [-0.2, -0.15) is 0 Å². The van der Waals surface area contributed by atoms with Gasteiger partial charge in [-0.15, -0.1) is 0 Å². The van der Waals surface area contributed by atoms with E-state index in [2.05, 4.69) is 15.6 Å². The Morgan fingerprint density at radius 1 is 1.16 bits per heavy atom. The molecule has 0 aliphatic heterocycles. The van der Waals surface area contributed by atoms with Crippen molar-refractivity contribution < 1.29 is 23.7 Å². The number of nitrogens with zero attached hydrogens (tertiary/aromatic N) is 1. The number of nitrogens with one attached hydrogen (secondary N) is 2. The van der Waals surface area contributed by atoms with Crippen LogP contribution in [0, 0.1) is 0 Å². The van der Waals surface area contributed by atoms with E-state index >= 15 is 0 Å². The van der Waals surface area contributed by atoms with Crippen molar-refractivity contribution in [3.8, 4) is 0 Å². The van der Waals surface area contributed by atoms with E-state index < -0.39 is 6.17 Å². The maximum absolute atomic E-state index is 13.9. The number of pyridine rings is 1. The third-order valence-corrected chi connectivity index (χ3v) is 3.39. The molecule has 98 valence electrons. The van der Waals surface area contributed by atoms with E-state index in [0.29, 0.717) is 5.56 Å². The van der Waals surface area contributed by atoms with Crippen LogP contribution >= 0.6 is 0 Å². The fourth-order valence-electron chi connectivity index (χ4n) is 1.56. The Labute approximate surface area is 122 Å². The van der Waals surface area contributed by atoms with Crippen LogP contribution in [-0.4, -0.2) is 15.7 Å². The summed E-state index contributed by atoms with van der Waals surface area (Å²) in [5, 5.41) is 6.17. The first-order valence-corrected chi connectivity index (χ1v) is 7.37. The van der Waals surface area contributed by atoms with E-state index in [-0.39, 0.29) is 6.54 Å². The fourth-order valence-corrected chi connectivity index (χ4v) is 2.23. The molecule has 1 aromatic carbocycles. The third-order valence-electron chi connectivity index (χ3n) is 2.51. The van der Waals surface area contributed by atoms with E-state index in [9.17, 15) is 4.39 Å². The molecule has 2 rings (SSSR count). The van der Waals surface area contributed by atoms with Crippen LogP contribution in [0.3, 0.4) is 0 Å². The van der Waals surface area contributed by atoms with Gasteiger partial charge in [0.15, 0.2) is 0 Å². The van der Waals surface area contributed by atoms with Crippen molar-refractivity contribution in [3.63, 3.8) is 0 Å². The molecule has 0 aliphatic carbocycles. The molecule has 1 heterocycles. The van der Waals surface area contributed by atoms with Gasteiger partial charge in [-0.1, -0.05) is 0 Å². The monoisotopic (exact) mass is 427 g/mol. The molecule has 0 bridgehead atoms. The Hall–Kier alpha value is -1.38. The molecule has 0 aliphatic rings. The topological polar surface area (TPSA) is 37.0 Å². The van der Waals surface area contributed by atoms with Crippen LogP contribution in [0.2, 0.25) is 0 Å². The van der Waals surface area contributed by atoms with Crippen molar-refractivity contribution in [3.05, 3.63) is 60.3 Å². The minimum absolute atomic E-state index is 0.253. The summed E-state index contributed by atoms with van der Waals surface area (Å²) in [4.78, 5) is 4.15. The van der Waals surface area contributed by atoms with Crippen LogP contribution in [0.4, 0.5) is 10.2 Å². The molecule has 2 aromatic rings. The molecule has 0 amide bonds. The molecule has 19 heavy (non-hydrogen) atoms. The van der Waals surface area contributed by atoms with Gasteiger partial charge in [-0.25, -0.2) is 0 Å². The number of halogens is 1. The SMILES string of the molecule is FC(CN[C](=[W])Nc1ccccn1)c1ccccc1. The molecule has 0 saturated carbocycles. The molecular formula is C14H14FN3W. The summed E-state index contributed by atoms with van der Waals surface area (Å²) in [5.74, 6) is 0.759. The maximum atomic E-state index is 13.9. The van der Waals surface area contributed by atoms with Crippen molar-refractivity contribution in [2.24, 2.45) is 0 Å². The molecule has 3 nitrogen and oxygen atoms in total. The number of rotatable bonds is 6. The minimum atomic E-state index is -1.01. The van der Waals surface area contributed by atoms with Crippen LogP contribution in [0.1, 0.15) is 11.7 Å². The molecule has 0 spiro atoms. The first-order chi connectivity index (χ1) is 9.25. The Kier molecular flexibility index (Phi) is 5.37. The first-order valence-electron chi connectivity index (χ1n) is 5.90. The van der Waals surface area contributed by atoms with Gasteiger partial charge in [0.05, 0.1) is 0 Å². The molecule has 1 aromatic heterocycles. The van der Waals surface area contributed by atoms with Crippen LogP contribution in [0.5, 0.6) is 0 Å². The van der Waals surface area contributed by atoms with E-state index in [4.69, 9.17) is 0 Å². The average molecular weight is 427 g/mol. The summed E-state index contributed by atoms with van der Waals surface area (Å²) >= 11 is 1.21. The van der Waals surface area contributed by atoms with Crippen molar-refractivity contribution in [2.45, 2.75) is 6.17 Å². The van der Waals surface area contributed by atoms with Crippen molar-refractivity contribution in [1.29, 1.82) is 0 Å². The Bertz CT molecular complexity index is 519. The molecule has 1 atom stereocenters. The molecular weight excluding hydrogens is 413 g/mol. The normalized spacial score (nSPS) is 11.8. The van der Waals surface area contributed by atoms with Crippen LogP contribution in [-0.2, 0) is 19.4 Å². The number of benzene rings is 1. The van der Waals surface area contributed by atoms with Crippen molar-refractivity contribution in [1.82, 2.24) is 10.3 Å². The number of anilines is 1. The van der Waals surface area contributed by atoms with Crippen molar-refractivity contribution >= 4 is 9.96 Å². The second kappa shape index (κ2) is 7.27. The van der Waals surface area contributed by atoms with Gasteiger partial charge in [0.2, 0.25) is 0 Å². The fraction of sp³-hybridized carbons (Fsp3) is 0.143. The standard InChI is InChI=1S/C14H14FN3.W/c15-13(12-6-2-1-3-7-12)10-16-11-18-14-8-4-5-9-17-14;/h1-9,13,16H,10H2,(H,17,18);. The molecule has 1 unspecified atom stereocenters. The van der Waals surface area contributed by atoms with Gasteiger partial charge in [0, 0.05) is 0 Å². The summed E-state index contributed by atoms with van der Waals surface area (Å²) in [6.07, 6.45) is 0.702. The van der Waals surface area contributed by atoms with E-state index in [1.165, 1.54) is 19.4 Å². The summed E-state index contributed by atoms with van der Waals surface area (Å²) in [6.45, 7) is 0.253. The Morgan fingerprint density at radius 3 is 2.58 bits per heavy atom. The van der Waals surface area contributed by atoms with Gasteiger partial charge in [0.1, 0.15) is 0 Å². The molecule has 0 fully saturated rings. The van der Waals surface area contributed by atoms with Gasteiger partial charge in [-0.3, -0.25) is 0 Å². The average Bonchev–Trinajstić information content (AvgIpc) is 2.47. The van der Waals surface area contributed by atoms with Crippen LogP contribution in [0.25, 0.3) is 0 Å². The molecule has 0 saturated heterocycles. The zero-order chi connectivity index (χ0) is 13.5. The van der Waals surface area contributed by atoms with Gasteiger partial charge >= 0.3 is 122 Å².